The van der Waals surface area contributed by atoms with Gasteiger partial charge in [-0.1, -0.05) is 18.2 Å². The topological polar surface area (TPSA) is 85.3 Å². The molecule has 1 aliphatic heterocycles. The van der Waals surface area contributed by atoms with E-state index in [2.05, 4.69) is 10.6 Å². The van der Waals surface area contributed by atoms with Crippen molar-refractivity contribution in [2.24, 2.45) is 0 Å². The number of anilines is 2. The maximum absolute atomic E-state index is 11.3. The van der Waals surface area contributed by atoms with E-state index in [1.807, 2.05) is 53.2 Å². The zero-order chi connectivity index (χ0) is 19.7. The molecule has 0 radical (unpaired) electrons. The molecule has 0 spiro atoms. The van der Waals surface area contributed by atoms with Crippen molar-refractivity contribution in [1.82, 2.24) is 9.78 Å². The van der Waals surface area contributed by atoms with Crippen LogP contribution in [0.15, 0.2) is 48.5 Å². The summed E-state index contributed by atoms with van der Waals surface area (Å²) in [5, 5.41) is 10.3. The number of aromatic nitrogens is 2. The van der Waals surface area contributed by atoms with Crippen molar-refractivity contribution in [3.63, 3.8) is 0 Å². The molecule has 3 aromatic rings. The van der Waals surface area contributed by atoms with Gasteiger partial charge in [0.1, 0.15) is 12.4 Å². The number of amides is 2. The van der Waals surface area contributed by atoms with E-state index in [4.69, 9.17) is 9.84 Å². The van der Waals surface area contributed by atoms with Crippen LogP contribution in [-0.2, 0) is 22.7 Å². The summed E-state index contributed by atoms with van der Waals surface area (Å²) in [5.41, 5.74) is 5.14. The van der Waals surface area contributed by atoms with Crippen molar-refractivity contribution in [1.29, 1.82) is 0 Å². The monoisotopic (exact) mass is 376 g/mol. The highest BCUT2D eigenvalue weighted by Crippen LogP contribution is 2.30. The van der Waals surface area contributed by atoms with Crippen molar-refractivity contribution < 1.29 is 14.3 Å². The molecular formula is C21H20N4O3. The third kappa shape index (κ3) is 3.73. The fourth-order valence-corrected chi connectivity index (χ4v) is 3.22. The maximum Gasteiger partial charge on any atom is 0.221 e. The third-order valence-electron chi connectivity index (χ3n) is 4.43. The zero-order valence-corrected chi connectivity index (χ0v) is 15.7. The number of carbonyl (C=O) groups excluding carboxylic acids is 2. The molecule has 1 aliphatic rings. The minimum absolute atomic E-state index is 0.110. The Bertz CT molecular complexity index is 1070. The number of carbonyl (C=O) groups is 2. The normalized spacial score (nSPS) is 12.2. The highest BCUT2D eigenvalue weighted by atomic mass is 16.5. The molecule has 28 heavy (non-hydrogen) atoms. The summed E-state index contributed by atoms with van der Waals surface area (Å²) >= 11 is 0. The van der Waals surface area contributed by atoms with Crippen LogP contribution >= 0.6 is 0 Å². The molecule has 2 amide bonds. The smallest absolute Gasteiger partial charge is 0.221 e. The summed E-state index contributed by atoms with van der Waals surface area (Å²) in [6.07, 6.45) is 0. The minimum atomic E-state index is -0.118. The van der Waals surface area contributed by atoms with Gasteiger partial charge in [-0.2, -0.15) is 5.10 Å². The molecule has 0 aliphatic carbocycles. The van der Waals surface area contributed by atoms with E-state index < -0.39 is 0 Å². The molecular weight excluding hydrogens is 356 g/mol. The number of rotatable bonds is 3. The third-order valence-corrected chi connectivity index (χ3v) is 4.43. The minimum Gasteiger partial charge on any atom is -0.487 e. The summed E-state index contributed by atoms with van der Waals surface area (Å²) in [6, 6.07) is 15.2. The van der Waals surface area contributed by atoms with E-state index in [0.717, 1.165) is 34.0 Å². The first-order valence-corrected chi connectivity index (χ1v) is 8.96. The second-order valence-electron chi connectivity index (χ2n) is 6.73. The predicted octanol–water partition coefficient (Wildman–Crippen LogP) is 3.41. The van der Waals surface area contributed by atoms with Crippen molar-refractivity contribution >= 4 is 23.2 Å². The molecule has 0 atom stereocenters. The molecule has 0 saturated carbocycles. The lowest BCUT2D eigenvalue weighted by Gasteiger charge is -2.09. The van der Waals surface area contributed by atoms with Crippen LogP contribution in [0.3, 0.4) is 0 Å². The molecule has 0 saturated heterocycles. The standard InChI is InChI=1S/C21H20N4O3/c1-13(26)22-17-5-3-4-15(8-17)20-10-19-12-28-21-9-18(23-14(2)27)7-6-16(21)11-25(19)24-20/h3-10H,11-12H2,1-2H3,(H,22,26)(H,23,27). The summed E-state index contributed by atoms with van der Waals surface area (Å²) in [4.78, 5) is 22.5. The van der Waals surface area contributed by atoms with Crippen LogP contribution < -0.4 is 15.4 Å². The van der Waals surface area contributed by atoms with Gasteiger partial charge in [-0.05, 0) is 24.3 Å². The van der Waals surface area contributed by atoms with Crippen LogP contribution in [0.1, 0.15) is 25.1 Å². The van der Waals surface area contributed by atoms with Crippen molar-refractivity contribution in [3.8, 4) is 17.0 Å². The molecule has 2 N–H and O–H groups in total. The Hall–Kier alpha value is -3.61. The zero-order valence-electron chi connectivity index (χ0n) is 15.7. The second kappa shape index (κ2) is 7.19. The van der Waals surface area contributed by atoms with Gasteiger partial charge in [0, 0.05) is 42.4 Å². The SMILES string of the molecule is CC(=O)Nc1cccc(-c2cc3n(n2)Cc2ccc(NC(C)=O)cc2OC3)c1. The van der Waals surface area contributed by atoms with Crippen LogP contribution in [0, 0.1) is 0 Å². The average molecular weight is 376 g/mol. The molecule has 0 unspecified atom stereocenters. The fourth-order valence-electron chi connectivity index (χ4n) is 3.22. The lowest BCUT2D eigenvalue weighted by atomic mass is 10.1. The van der Waals surface area contributed by atoms with Gasteiger partial charge < -0.3 is 15.4 Å². The van der Waals surface area contributed by atoms with Crippen LogP contribution in [-0.4, -0.2) is 21.6 Å². The summed E-state index contributed by atoms with van der Waals surface area (Å²) < 4.78 is 7.87. The van der Waals surface area contributed by atoms with E-state index in [9.17, 15) is 9.59 Å². The summed E-state index contributed by atoms with van der Waals surface area (Å²) in [5.74, 6) is 0.514. The van der Waals surface area contributed by atoms with E-state index in [1.165, 1.54) is 13.8 Å². The molecule has 4 rings (SSSR count). The molecule has 7 heteroatoms. The highest BCUT2D eigenvalue weighted by molar-refractivity contribution is 5.89. The van der Waals surface area contributed by atoms with Crippen LogP contribution in [0.2, 0.25) is 0 Å². The maximum atomic E-state index is 11.3. The molecule has 1 aromatic heterocycles. The first-order valence-electron chi connectivity index (χ1n) is 8.96. The van der Waals surface area contributed by atoms with Gasteiger partial charge in [0.15, 0.2) is 0 Å². The molecule has 7 nitrogen and oxygen atoms in total. The van der Waals surface area contributed by atoms with Crippen LogP contribution in [0.4, 0.5) is 11.4 Å². The molecule has 0 bridgehead atoms. The van der Waals surface area contributed by atoms with Gasteiger partial charge in [-0.15, -0.1) is 0 Å². The Morgan fingerprint density at radius 2 is 1.75 bits per heavy atom. The fraction of sp³-hybridized carbons (Fsp3) is 0.190. The Labute approximate surface area is 162 Å². The van der Waals surface area contributed by atoms with Gasteiger partial charge in [0.25, 0.3) is 0 Å². The Balaban J connectivity index is 1.61. The van der Waals surface area contributed by atoms with E-state index >= 15 is 0 Å². The predicted molar refractivity (Wildman–Crippen MR) is 106 cm³/mol. The molecule has 2 heterocycles. The number of nitrogens with zero attached hydrogens (tertiary/aromatic N) is 2. The number of benzene rings is 2. The Morgan fingerprint density at radius 3 is 2.50 bits per heavy atom. The van der Waals surface area contributed by atoms with E-state index in [1.54, 1.807) is 0 Å². The first kappa shape index (κ1) is 17.8. The largest absolute Gasteiger partial charge is 0.487 e. The van der Waals surface area contributed by atoms with Gasteiger partial charge in [0.2, 0.25) is 11.8 Å². The second-order valence-corrected chi connectivity index (χ2v) is 6.73. The highest BCUT2D eigenvalue weighted by Gasteiger charge is 2.18. The lowest BCUT2D eigenvalue weighted by molar-refractivity contribution is -0.115. The van der Waals surface area contributed by atoms with Crippen molar-refractivity contribution in [3.05, 3.63) is 59.8 Å². The molecule has 0 fully saturated rings. The van der Waals surface area contributed by atoms with Gasteiger partial charge in [-0.25, -0.2) is 0 Å². The number of ether oxygens (including phenoxy) is 1. The van der Waals surface area contributed by atoms with Crippen molar-refractivity contribution in [2.75, 3.05) is 10.6 Å². The number of nitrogens with one attached hydrogen (secondary N) is 2. The Kier molecular flexibility index (Phi) is 4.57. The average Bonchev–Trinajstić information content (AvgIpc) is 2.96. The van der Waals surface area contributed by atoms with Crippen LogP contribution in [0.25, 0.3) is 11.3 Å². The Morgan fingerprint density at radius 1 is 1.00 bits per heavy atom. The number of fused-ring (bicyclic) bond motifs is 2. The molecule has 2 aromatic carbocycles. The number of hydrogen-bond acceptors (Lipinski definition) is 4. The van der Waals surface area contributed by atoms with E-state index in [-0.39, 0.29) is 11.8 Å². The quantitative estimate of drug-likeness (QED) is 0.734. The van der Waals surface area contributed by atoms with Crippen LogP contribution in [0.5, 0.6) is 5.75 Å². The summed E-state index contributed by atoms with van der Waals surface area (Å²) in [7, 11) is 0. The van der Waals surface area contributed by atoms with Gasteiger partial charge in [0.05, 0.1) is 17.9 Å². The van der Waals surface area contributed by atoms with Gasteiger partial charge in [-0.3, -0.25) is 14.3 Å². The summed E-state index contributed by atoms with van der Waals surface area (Å²) in [6.45, 7) is 3.92. The van der Waals surface area contributed by atoms with Gasteiger partial charge >= 0.3 is 0 Å². The van der Waals surface area contributed by atoms with Crippen molar-refractivity contribution in [2.45, 2.75) is 27.0 Å². The number of hydrogen-bond donors (Lipinski definition) is 2. The van der Waals surface area contributed by atoms with E-state index in [0.29, 0.717) is 18.8 Å². The first-order chi connectivity index (χ1) is 13.5. The lowest BCUT2D eigenvalue weighted by Crippen LogP contribution is -2.06. The molecule has 142 valence electrons.